The molecular weight excluding hydrogens is 420 g/mol. The van der Waals surface area contributed by atoms with Gasteiger partial charge in [0.05, 0.1) is 11.1 Å². The number of nitrogens with one attached hydrogen (secondary N) is 1. The third-order valence-electron chi connectivity index (χ3n) is 4.37. The van der Waals surface area contributed by atoms with Crippen LogP contribution in [0.4, 0.5) is 5.69 Å². The summed E-state index contributed by atoms with van der Waals surface area (Å²) in [5, 5.41) is 20.4. The van der Waals surface area contributed by atoms with Crippen molar-refractivity contribution in [3.8, 4) is 5.69 Å². The smallest absolute Gasteiger partial charge is 0.338 e. The number of aromatic carboxylic acids is 1. The minimum Gasteiger partial charge on any atom is -0.478 e. The Bertz CT molecular complexity index is 1130. The number of aryl methyl sites for hydroxylation is 1. The first-order chi connectivity index (χ1) is 14.8. The second-order valence-electron chi connectivity index (χ2n) is 6.54. The molecule has 2 aromatic carbocycles. The summed E-state index contributed by atoms with van der Waals surface area (Å²) in [7, 11) is 0. The Morgan fingerprint density at radius 1 is 1.10 bits per heavy atom. The molecule has 160 valence electrons. The van der Waals surface area contributed by atoms with Gasteiger partial charge in [-0.2, -0.15) is 0 Å². The quantitative estimate of drug-likeness (QED) is 0.424. The summed E-state index contributed by atoms with van der Waals surface area (Å²) in [6.45, 7) is 3.27. The van der Waals surface area contributed by atoms with Gasteiger partial charge in [0.25, 0.3) is 5.91 Å². The highest BCUT2D eigenvalue weighted by atomic mass is 32.2. The predicted molar refractivity (Wildman–Crippen MR) is 115 cm³/mol. The number of carboxylic acid groups (broad SMARTS) is 1. The zero-order chi connectivity index (χ0) is 22.5. The molecule has 1 unspecified atom stereocenters. The Morgan fingerprint density at radius 3 is 2.45 bits per heavy atom. The highest BCUT2D eigenvalue weighted by Crippen LogP contribution is 2.20. The van der Waals surface area contributed by atoms with Gasteiger partial charge in [-0.25, -0.2) is 9.59 Å². The monoisotopic (exact) mass is 440 g/mol. The second kappa shape index (κ2) is 9.43. The van der Waals surface area contributed by atoms with Crippen molar-refractivity contribution in [1.82, 2.24) is 14.8 Å². The van der Waals surface area contributed by atoms with Crippen LogP contribution in [0.2, 0.25) is 0 Å². The number of carbonyl (C=O) groups excluding carboxylic acids is 2. The van der Waals surface area contributed by atoms with Crippen LogP contribution in [-0.2, 0) is 9.53 Å². The molecule has 0 bridgehead atoms. The lowest BCUT2D eigenvalue weighted by Gasteiger charge is -2.14. The van der Waals surface area contributed by atoms with E-state index in [1.165, 1.54) is 36.9 Å². The number of esters is 1. The number of anilines is 1. The summed E-state index contributed by atoms with van der Waals surface area (Å²) in [6, 6.07) is 12.5. The molecular formula is C21H20N4O5S. The summed E-state index contributed by atoms with van der Waals surface area (Å²) in [6.07, 6.45) is 0.819. The van der Waals surface area contributed by atoms with Gasteiger partial charge in [0.1, 0.15) is 5.82 Å². The van der Waals surface area contributed by atoms with Crippen LogP contribution in [0.1, 0.15) is 33.5 Å². The summed E-state index contributed by atoms with van der Waals surface area (Å²) >= 11 is 1.46. The molecule has 0 aliphatic heterocycles. The number of thioether (sulfide) groups is 1. The fraction of sp³-hybridized carbons (Fsp3) is 0.190. The lowest BCUT2D eigenvalue weighted by atomic mass is 10.2. The molecule has 0 fully saturated rings. The molecule has 1 aromatic heterocycles. The highest BCUT2D eigenvalue weighted by molar-refractivity contribution is 7.98. The molecule has 9 nitrogen and oxygen atoms in total. The topological polar surface area (TPSA) is 123 Å². The fourth-order valence-electron chi connectivity index (χ4n) is 2.77. The van der Waals surface area contributed by atoms with Crippen molar-refractivity contribution in [1.29, 1.82) is 0 Å². The van der Waals surface area contributed by atoms with E-state index < -0.39 is 23.9 Å². The van der Waals surface area contributed by atoms with E-state index in [2.05, 4.69) is 15.5 Å². The first kappa shape index (κ1) is 22.0. The van der Waals surface area contributed by atoms with Crippen molar-refractivity contribution < 1.29 is 24.2 Å². The third-order valence-corrected chi connectivity index (χ3v) is 5.00. The average molecular weight is 440 g/mol. The molecule has 3 rings (SSSR count). The van der Waals surface area contributed by atoms with Crippen LogP contribution in [0, 0.1) is 6.92 Å². The van der Waals surface area contributed by atoms with Gasteiger partial charge in [0.2, 0.25) is 0 Å². The van der Waals surface area contributed by atoms with Gasteiger partial charge >= 0.3 is 11.9 Å². The van der Waals surface area contributed by atoms with Crippen LogP contribution >= 0.6 is 11.8 Å². The zero-order valence-electron chi connectivity index (χ0n) is 17.0. The molecule has 2 N–H and O–H groups in total. The average Bonchev–Trinajstić information content (AvgIpc) is 3.14. The number of benzene rings is 2. The summed E-state index contributed by atoms with van der Waals surface area (Å²) < 4.78 is 7.11. The number of hydrogen-bond donors (Lipinski definition) is 2. The molecule has 31 heavy (non-hydrogen) atoms. The van der Waals surface area contributed by atoms with E-state index in [1.54, 1.807) is 30.3 Å². The fourth-order valence-corrected chi connectivity index (χ4v) is 3.32. The summed E-state index contributed by atoms with van der Waals surface area (Å²) in [5.41, 5.74) is 1.42. The molecule has 1 atom stereocenters. The predicted octanol–water partition coefficient (Wildman–Crippen LogP) is 3.18. The van der Waals surface area contributed by atoms with E-state index in [9.17, 15) is 14.4 Å². The van der Waals surface area contributed by atoms with Crippen LogP contribution in [0.3, 0.4) is 0 Å². The normalized spacial score (nSPS) is 11.6. The maximum Gasteiger partial charge on any atom is 0.338 e. The number of amides is 1. The van der Waals surface area contributed by atoms with E-state index >= 15 is 0 Å². The number of rotatable bonds is 7. The van der Waals surface area contributed by atoms with Gasteiger partial charge in [0, 0.05) is 11.4 Å². The largest absolute Gasteiger partial charge is 0.478 e. The van der Waals surface area contributed by atoms with Gasteiger partial charge in [-0.05, 0) is 62.6 Å². The van der Waals surface area contributed by atoms with Crippen LogP contribution in [-0.4, -0.2) is 50.1 Å². The highest BCUT2D eigenvalue weighted by Gasteiger charge is 2.20. The molecule has 10 heteroatoms. The van der Waals surface area contributed by atoms with Crippen LogP contribution in [0.25, 0.3) is 5.69 Å². The molecule has 0 aliphatic rings. The number of carbonyl (C=O) groups is 3. The Balaban J connectivity index is 1.65. The second-order valence-corrected chi connectivity index (χ2v) is 7.31. The van der Waals surface area contributed by atoms with Crippen LogP contribution in [0.15, 0.2) is 53.7 Å². The Labute approximate surface area is 182 Å². The first-order valence-electron chi connectivity index (χ1n) is 9.21. The van der Waals surface area contributed by atoms with E-state index in [-0.39, 0.29) is 11.1 Å². The number of nitrogens with zero attached hydrogens (tertiary/aromatic N) is 3. The minimum absolute atomic E-state index is 0.0375. The molecule has 1 amide bonds. The Hall–Kier alpha value is -3.66. The SMILES string of the molecule is CSc1nnc(C)n1-c1ccc(C(=O)OC(C)C(=O)Nc2cccc(C(=O)O)c2)cc1. The van der Waals surface area contributed by atoms with Crippen molar-refractivity contribution >= 4 is 35.3 Å². The van der Waals surface area contributed by atoms with Crippen molar-refractivity contribution in [2.24, 2.45) is 0 Å². The first-order valence-corrected chi connectivity index (χ1v) is 10.4. The number of hydrogen-bond acceptors (Lipinski definition) is 7. The molecule has 0 saturated heterocycles. The van der Waals surface area contributed by atoms with Crippen molar-refractivity contribution in [3.63, 3.8) is 0 Å². The lowest BCUT2D eigenvalue weighted by Crippen LogP contribution is -2.30. The Morgan fingerprint density at radius 2 is 1.81 bits per heavy atom. The summed E-state index contributed by atoms with van der Waals surface area (Å²) in [5.74, 6) is -1.61. The maximum atomic E-state index is 12.4. The number of carboxylic acids is 1. The van der Waals surface area contributed by atoms with Gasteiger partial charge in [-0.15, -0.1) is 10.2 Å². The molecule has 0 saturated carbocycles. The molecule has 1 heterocycles. The van der Waals surface area contributed by atoms with Crippen LogP contribution in [0.5, 0.6) is 0 Å². The van der Waals surface area contributed by atoms with E-state index in [0.29, 0.717) is 5.69 Å². The molecule has 0 spiro atoms. The summed E-state index contributed by atoms with van der Waals surface area (Å²) in [4.78, 5) is 35.8. The molecule has 3 aromatic rings. The van der Waals surface area contributed by atoms with Crippen LogP contribution < -0.4 is 5.32 Å². The zero-order valence-corrected chi connectivity index (χ0v) is 17.8. The molecule has 0 radical (unpaired) electrons. The third kappa shape index (κ3) is 5.10. The minimum atomic E-state index is -1.11. The van der Waals surface area contributed by atoms with Gasteiger partial charge in [0.15, 0.2) is 11.3 Å². The number of aromatic nitrogens is 3. The van der Waals surface area contributed by atoms with Gasteiger partial charge in [-0.1, -0.05) is 17.8 Å². The van der Waals surface area contributed by atoms with Gasteiger partial charge < -0.3 is 15.2 Å². The number of ether oxygens (including phenoxy) is 1. The van der Waals surface area contributed by atoms with E-state index in [4.69, 9.17) is 9.84 Å². The maximum absolute atomic E-state index is 12.4. The van der Waals surface area contributed by atoms with Crippen molar-refractivity contribution in [2.75, 3.05) is 11.6 Å². The molecule has 0 aliphatic carbocycles. The standard InChI is InChI=1S/C21H20N4O5S/c1-12(18(26)22-16-6-4-5-15(11-16)19(27)28)30-20(29)14-7-9-17(10-8-14)25-13(2)23-24-21(25)31-3/h4-12H,1-3H3,(H,22,26)(H,27,28). The van der Waals surface area contributed by atoms with E-state index in [0.717, 1.165) is 16.7 Å². The lowest BCUT2D eigenvalue weighted by molar-refractivity contribution is -0.123. The van der Waals surface area contributed by atoms with E-state index in [1.807, 2.05) is 17.7 Å². The van der Waals surface area contributed by atoms with Crippen molar-refractivity contribution in [3.05, 3.63) is 65.5 Å². The van der Waals surface area contributed by atoms with Gasteiger partial charge in [-0.3, -0.25) is 9.36 Å². The van der Waals surface area contributed by atoms with Crippen molar-refractivity contribution in [2.45, 2.75) is 25.1 Å². The Kier molecular flexibility index (Phi) is 6.71.